The molecule has 2 N–H and O–H groups in total. The number of Topliss-reactive ketones (excluding diaryl/α,β-unsaturated/α-hetero) is 1. The van der Waals surface area contributed by atoms with Crippen LogP contribution in [0.2, 0.25) is 0 Å². The Kier molecular flexibility index (Phi) is 1.97. The fraction of sp³-hybridized carbons (Fsp3) is 0.333. The number of fused-ring (bicyclic) bond motifs is 1. The number of carbonyl (C=O) groups excluding carboxylic acids is 1. The Bertz CT molecular complexity index is 585. The number of nitrogens with zero attached hydrogens (tertiary/aromatic N) is 4. The number of nitrogens with two attached hydrogens (primary N) is 1. The molecular formula is C9H8BrN5O. The number of rotatable bonds is 1. The van der Waals surface area contributed by atoms with E-state index in [1.165, 1.54) is 6.33 Å². The standard InChI is InChI=1S/C9H8BrN5O/c10-7-6-8(11)12-3-13-9(6)15(14-7)4-1-5(16)2-4/h3-4H,1-2H2,(H2,11,12,13). The van der Waals surface area contributed by atoms with Crippen LogP contribution in [0.5, 0.6) is 0 Å². The number of nitrogen functional groups attached to an aromatic ring is 1. The van der Waals surface area contributed by atoms with Crippen molar-refractivity contribution in [3.05, 3.63) is 10.9 Å². The smallest absolute Gasteiger partial charge is 0.164 e. The highest BCUT2D eigenvalue weighted by Gasteiger charge is 2.31. The Labute approximate surface area is 99.0 Å². The molecule has 1 fully saturated rings. The summed E-state index contributed by atoms with van der Waals surface area (Å²) >= 11 is 3.33. The van der Waals surface area contributed by atoms with Crippen LogP contribution in [0.3, 0.4) is 0 Å². The molecule has 2 heterocycles. The number of anilines is 1. The summed E-state index contributed by atoms with van der Waals surface area (Å²) in [5.74, 6) is 0.653. The number of halogens is 1. The van der Waals surface area contributed by atoms with Crippen LogP contribution in [-0.2, 0) is 4.79 Å². The quantitative estimate of drug-likeness (QED) is 0.845. The van der Waals surface area contributed by atoms with E-state index in [1.807, 2.05) is 0 Å². The first-order valence-corrected chi connectivity index (χ1v) is 5.62. The van der Waals surface area contributed by atoms with Gasteiger partial charge in [-0.1, -0.05) is 0 Å². The van der Waals surface area contributed by atoms with Crippen molar-refractivity contribution in [3.63, 3.8) is 0 Å². The Morgan fingerprint density at radius 1 is 1.44 bits per heavy atom. The summed E-state index contributed by atoms with van der Waals surface area (Å²) in [5, 5.41) is 5.02. The van der Waals surface area contributed by atoms with Crippen molar-refractivity contribution >= 4 is 38.6 Å². The van der Waals surface area contributed by atoms with Gasteiger partial charge >= 0.3 is 0 Å². The van der Waals surface area contributed by atoms with Gasteiger partial charge in [0.2, 0.25) is 0 Å². The third-order valence-corrected chi connectivity index (χ3v) is 3.30. The lowest BCUT2D eigenvalue weighted by Crippen LogP contribution is -2.27. The van der Waals surface area contributed by atoms with Gasteiger partial charge in [-0.2, -0.15) is 5.10 Å². The van der Waals surface area contributed by atoms with Gasteiger partial charge in [-0.05, 0) is 15.9 Å². The molecule has 2 aromatic heterocycles. The molecule has 3 rings (SSSR count). The van der Waals surface area contributed by atoms with Crippen LogP contribution in [0, 0.1) is 0 Å². The van der Waals surface area contributed by atoms with Gasteiger partial charge in [0.05, 0.1) is 11.4 Å². The molecule has 0 unspecified atom stereocenters. The lowest BCUT2D eigenvalue weighted by Gasteiger charge is -2.24. The molecule has 0 aromatic carbocycles. The molecule has 1 aliphatic rings. The fourth-order valence-electron chi connectivity index (χ4n) is 1.85. The molecule has 1 saturated carbocycles. The molecule has 82 valence electrons. The summed E-state index contributed by atoms with van der Waals surface area (Å²) in [7, 11) is 0. The third kappa shape index (κ3) is 1.24. The minimum atomic E-state index is 0.107. The maximum absolute atomic E-state index is 11.0. The average molecular weight is 282 g/mol. The molecule has 0 saturated heterocycles. The highest BCUT2D eigenvalue weighted by Crippen LogP contribution is 2.34. The monoisotopic (exact) mass is 281 g/mol. The molecule has 0 amide bonds. The Balaban J connectivity index is 2.19. The zero-order valence-corrected chi connectivity index (χ0v) is 9.81. The molecule has 0 aliphatic heterocycles. The zero-order valence-electron chi connectivity index (χ0n) is 8.22. The van der Waals surface area contributed by atoms with E-state index in [1.54, 1.807) is 4.68 Å². The van der Waals surface area contributed by atoms with Gasteiger partial charge in [0.25, 0.3) is 0 Å². The molecule has 7 heteroatoms. The average Bonchev–Trinajstić information content (AvgIpc) is 2.53. The summed E-state index contributed by atoms with van der Waals surface area (Å²) in [6.07, 6.45) is 2.45. The minimum absolute atomic E-state index is 0.107. The lowest BCUT2D eigenvalue weighted by molar-refractivity contribution is -0.126. The predicted molar refractivity (Wildman–Crippen MR) is 60.7 cm³/mol. The Morgan fingerprint density at radius 2 is 2.19 bits per heavy atom. The van der Waals surface area contributed by atoms with Crippen LogP contribution >= 0.6 is 15.9 Å². The first-order chi connectivity index (χ1) is 7.66. The summed E-state index contributed by atoms with van der Waals surface area (Å²) < 4.78 is 2.37. The van der Waals surface area contributed by atoms with Crippen molar-refractivity contribution in [1.29, 1.82) is 0 Å². The first kappa shape index (κ1) is 9.71. The van der Waals surface area contributed by atoms with Crippen molar-refractivity contribution in [1.82, 2.24) is 19.7 Å². The van der Waals surface area contributed by atoms with Gasteiger partial charge in [-0.15, -0.1) is 0 Å². The molecule has 16 heavy (non-hydrogen) atoms. The molecule has 6 nitrogen and oxygen atoms in total. The summed E-state index contributed by atoms with van der Waals surface area (Å²) in [6.45, 7) is 0. The van der Waals surface area contributed by atoms with Crippen molar-refractivity contribution in [2.24, 2.45) is 0 Å². The van der Waals surface area contributed by atoms with Crippen LogP contribution in [-0.4, -0.2) is 25.5 Å². The van der Waals surface area contributed by atoms with E-state index in [9.17, 15) is 4.79 Å². The van der Waals surface area contributed by atoms with E-state index in [-0.39, 0.29) is 11.8 Å². The normalized spacial score (nSPS) is 16.7. The maximum atomic E-state index is 11.0. The van der Waals surface area contributed by atoms with E-state index in [0.717, 1.165) is 0 Å². The van der Waals surface area contributed by atoms with Gasteiger partial charge < -0.3 is 5.73 Å². The summed E-state index contributed by atoms with van der Waals surface area (Å²) in [4.78, 5) is 19.1. The van der Waals surface area contributed by atoms with Crippen molar-refractivity contribution in [2.45, 2.75) is 18.9 Å². The second-order valence-electron chi connectivity index (χ2n) is 3.79. The lowest BCUT2D eigenvalue weighted by atomic mass is 9.92. The van der Waals surface area contributed by atoms with E-state index in [2.05, 4.69) is 31.0 Å². The van der Waals surface area contributed by atoms with Crippen LogP contribution in [0.15, 0.2) is 10.9 Å². The van der Waals surface area contributed by atoms with E-state index in [4.69, 9.17) is 5.73 Å². The second kappa shape index (κ2) is 3.24. The molecule has 0 atom stereocenters. The number of carbonyl (C=O) groups is 1. The Hall–Kier alpha value is -1.50. The minimum Gasteiger partial charge on any atom is -0.383 e. The number of ketones is 1. The van der Waals surface area contributed by atoms with Crippen LogP contribution in [0.1, 0.15) is 18.9 Å². The molecular weight excluding hydrogens is 274 g/mol. The van der Waals surface area contributed by atoms with E-state index in [0.29, 0.717) is 34.3 Å². The molecule has 1 aliphatic carbocycles. The fourth-order valence-corrected chi connectivity index (χ4v) is 2.40. The highest BCUT2D eigenvalue weighted by atomic mass is 79.9. The first-order valence-electron chi connectivity index (χ1n) is 4.82. The summed E-state index contributed by atoms with van der Waals surface area (Å²) in [6, 6.07) is 0.107. The molecule has 0 radical (unpaired) electrons. The van der Waals surface area contributed by atoms with Gasteiger partial charge in [-0.3, -0.25) is 4.79 Å². The second-order valence-corrected chi connectivity index (χ2v) is 4.54. The maximum Gasteiger partial charge on any atom is 0.164 e. The third-order valence-electron chi connectivity index (χ3n) is 2.75. The highest BCUT2D eigenvalue weighted by molar-refractivity contribution is 9.10. The molecule has 2 aromatic rings. The number of aromatic nitrogens is 4. The SMILES string of the molecule is Nc1ncnc2c1c(Br)nn2C1CC(=O)C1. The van der Waals surface area contributed by atoms with Crippen molar-refractivity contribution in [2.75, 3.05) is 5.73 Å². The van der Waals surface area contributed by atoms with Crippen LogP contribution < -0.4 is 5.73 Å². The largest absolute Gasteiger partial charge is 0.383 e. The van der Waals surface area contributed by atoms with Crippen molar-refractivity contribution in [3.8, 4) is 0 Å². The topological polar surface area (TPSA) is 86.7 Å². The van der Waals surface area contributed by atoms with Crippen molar-refractivity contribution < 1.29 is 4.79 Å². The van der Waals surface area contributed by atoms with Gasteiger partial charge in [0.1, 0.15) is 22.5 Å². The number of hydrogen-bond donors (Lipinski definition) is 1. The van der Waals surface area contributed by atoms with E-state index < -0.39 is 0 Å². The van der Waals surface area contributed by atoms with Gasteiger partial charge in [-0.25, -0.2) is 14.6 Å². The van der Waals surface area contributed by atoms with E-state index >= 15 is 0 Å². The van der Waals surface area contributed by atoms with Gasteiger partial charge in [0, 0.05) is 12.8 Å². The van der Waals surface area contributed by atoms with Crippen LogP contribution in [0.25, 0.3) is 11.0 Å². The van der Waals surface area contributed by atoms with Gasteiger partial charge in [0.15, 0.2) is 5.65 Å². The predicted octanol–water partition coefficient (Wildman–Crippen LogP) is 1.08. The number of hydrogen-bond acceptors (Lipinski definition) is 5. The van der Waals surface area contributed by atoms with Crippen LogP contribution in [0.4, 0.5) is 5.82 Å². The Morgan fingerprint density at radius 3 is 2.88 bits per heavy atom. The molecule has 0 bridgehead atoms. The zero-order chi connectivity index (χ0) is 11.3. The summed E-state index contributed by atoms with van der Waals surface area (Å²) in [5.41, 5.74) is 6.43. The molecule has 0 spiro atoms.